The van der Waals surface area contributed by atoms with Crippen molar-refractivity contribution >= 4 is 5.69 Å². The van der Waals surface area contributed by atoms with Crippen LogP contribution in [0.2, 0.25) is 0 Å². The first kappa shape index (κ1) is 13.6. The van der Waals surface area contributed by atoms with Gasteiger partial charge in [-0.3, -0.25) is 0 Å². The first-order valence-electron chi connectivity index (χ1n) is 5.05. The molecule has 0 spiro atoms. The summed E-state index contributed by atoms with van der Waals surface area (Å²) in [5.74, 6) is 0.156. The Labute approximate surface area is 98.0 Å². The lowest BCUT2D eigenvalue weighted by molar-refractivity contribution is -0.191. The van der Waals surface area contributed by atoms with E-state index in [1.165, 1.54) is 12.1 Å². The molecule has 17 heavy (non-hydrogen) atoms. The fraction of sp³-hybridized carbons (Fsp3) is 0.455. The minimum absolute atomic E-state index is 0.156. The van der Waals surface area contributed by atoms with Crippen LogP contribution in [0.25, 0.3) is 0 Å². The molecule has 0 aliphatic heterocycles. The number of alkyl halides is 3. The van der Waals surface area contributed by atoms with E-state index in [0.29, 0.717) is 0 Å². The number of benzene rings is 1. The molecule has 2 N–H and O–H groups in total. The third-order valence-corrected chi connectivity index (χ3v) is 2.19. The lowest BCUT2D eigenvalue weighted by Crippen LogP contribution is -2.40. The van der Waals surface area contributed by atoms with Crippen LogP contribution < -0.4 is 15.4 Å². The van der Waals surface area contributed by atoms with Crippen LogP contribution in [0.4, 0.5) is 18.9 Å². The van der Waals surface area contributed by atoms with Gasteiger partial charge in [0.05, 0.1) is 0 Å². The normalized spacial score (nSPS) is 13.3. The van der Waals surface area contributed by atoms with Crippen LogP contribution in [-0.4, -0.2) is 32.9 Å². The summed E-state index contributed by atoms with van der Waals surface area (Å²) >= 11 is 0. The van der Waals surface area contributed by atoms with Crippen molar-refractivity contribution in [1.82, 2.24) is 0 Å². The van der Waals surface area contributed by atoms with E-state index in [1.54, 1.807) is 31.1 Å². The first-order valence-corrected chi connectivity index (χ1v) is 5.05. The van der Waals surface area contributed by atoms with E-state index in [9.17, 15) is 13.2 Å². The van der Waals surface area contributed by atoms with Crippen LogP contribution in [0.1, 0.15) is 0 Å². The topological polar surface area (TPSA) is 38.5 Å². The number of nitrogens with two attached hydrogens (primary N) is 1. The van der Waals surface area contributed by atoms with Crippen LogP contribution >= 0.6 is 0 Å². The monoisotopic (exact) mass is 248 g/mol. The molecule has 0 aliphatic carbocycles. The van der Waals surface area contributed by atoms with Gasteiger partial charge in [-0.25, -0.2) is 0 Å². The molecule has 0 radical (unpaired) electrons. The average Bonchev–Trinajstić information content (AvgIpc) is 2.24. The molecule has 0 heterocycles. The summed E-state index contributed by atoms with van der Waals surface area (Å²) in [6.07, 6.45) is -6.43. The second-order valence-electron chi connectivity index (χ2n) is 3.78. The Hall–Kier alpha value is -1.43. The van der Waals surface area contributed by atoms with Crippen LogP contribution in [0, 0.1) is 0 Å². The van der Waals surface area contributed by atoms with E-state index >= 15 is 0 Å². The molecule has 96 valence electrons. The Balaban J connectivity index is 2.83. The first-order chi connectivity index (χ1) is 7.84. The maximum Gasteiger partial charge on any atom is 0.426 e. The van der Waals surface area contributed by atoms with Crippen molar-refractivity contribution in [2.75, 3.05) is 25.5 Å². The zero-order valence-electron chi connectivity index (χ0n) is 9.66. The van der Waals surface area contributed by atoms with E-state index in [0.717, 1.165) is 5.69 Å². The maximum absolute atomic E-state index is 12.4. The zero-order chi connectivity index (χ0) is 13.1. The Kier molecular flexibility index (Phi) is 4.22. The van der Waals surface area contributed by atoms with Crippen molar-refractivity contribution in [3.05, 3.63) is 24.3 Å². The van der Waals surface area contributed by atoms with Gasteiger partial charge < -0.3 is 15.4 Å². The lowest BCUT2D eigenvalue weighted by atomic mass is 10.2. The van der Waals surface area contributed by atoms with Crippen LogP contribution in [0.5, 0.6) is 5.75 Å². The van der Waals surface area contributed by atoms with Crippen molar-refractivity contribution < 1.29 is 17.9 Å². The van der Waals surface area contributed by atoms with Gasteiger partial charge in [0.15, 0.2) is 0 Å². The highest BCUT2D eigenvalue weighted by molar-refractivity contribution is 5.49. The van der Waals surface area contributed by atoms with Gasteiger partial charge >= 0.3 is 6.18 Å². The van der Waals surface area contributed by atoms with E-state index in [2.05, 4.69) is 0 Å². The summed E-state index contributed by atoms with van der Waals surface area (Å²) in [5, 5.41) is 0. The highest BCUT2D eigenvalue weighted by Gasteiger charge is 2.40. The van der Waals surface area contributed by atoms with Gasteiger partial charge in [0, 0.05) is 32.4 Å². The molecule has 0 aromatic heterocycles. The molecule has 0 saturated carbocycles. The molecule has 0 fully saturated rings. The largest absolute Gasteiger partial charge is 0.480 e. The summed E-state index contributed by atoms with van der Waals surface area (Å²) in [6.45, 7) is -0.601. The molecule has 1 aromatic rings. The minimum atomic E-state index is -4.46. The number of hydrogen-bond donors (Lipinski definition) is 1. The Morgan fingerprint density at radius 2 is 2.00 bits per heavy atom. The highest BCUT2D eigenvalue weighted by Crippen LogP contribution is 2.26. The van der Waals surface area contributed by atoms with Gasteiger partial charge in [0.1, 0.15) is 5.75 Å². The fourth-order valence-corrected chi connectivity index (χ4v) is 1.25. The number of hydrogen-bond acceptors (Lipinski definition) is 3. The molecule has 1 unspecified atom stereocenters. The summed E-state index contributed by atoms with van der Waals surface area (Å²) < 4.78 is 42.2. The SMILES string of the molecule is CN(C)c1cccc(OC(CN)C(F)(F)F)c1. The number of rotatable bonds is 4. The quantitative estimate of drug-likeness (QED) is 0.886. The predicted molar refractivity (Wildman–Crippen MR) is 60.3 cm³/mol. The van der Waals surface area contributed by atoms with Crippen molar-refractivity contribution in [2.45, 2.75) is 12.3 Å². The molecule has 0 bridgehead atoms. The van der Waals surface area contributed by atoms with Crippen molar-refractivity contribution in [1.29, 1.82) is 0 Å². The third-order valence-electron chi connectivity index (χ3n) is 2.19. The lowest BCUT2D eigenvalue weighted by Gasteiger charge is -2.21. The summed E-state index contributed by atoms with van der Waals surface area (Å²) in [7, 11) is 3.59. The molecule has 6 heteroatoms. The molecular formula is C11H15F3N2O. The highest BCUT2D eigenvalue weighted by atomic mass is 19.4. The van der Waals surface area contributed by atoms with Gasteiger partial charge in [0.25, 0.3) is 0 Å². The molecule has 0 saturated heterocycles. The van der Waals surface area contributed by atoms with Crippen molar-refractivity contribution in [2.24, 2.45) is 5.73 Å². The zero-order valence-corrected chi connectivity index (χ0v) is 9.66. The van der Waals surface area contributed by atoms with E-state index < -0.39 is 18.8 Å². The van der Waals surface area contributed by atoms with Crippen LogP contribution in [0.3, 0.4) is 0 Å². The Morgan fingerprint density at radius 1 is 1.35 bits per heavy atom. The number of halogens is 3. The fourth-order valence-electron chi connectivity index (χ4n) is 1.25. The van der Waals surface area contributed by atoms with Gasteiger partial charge in [0.2, 0.25) is 6.10 Å². The second kappa shape index (κ2) is 5.27. The van der Waals surface area contributed by atoms with Crippen molar-refractivity contribution in [3.63, 3.8) is 0 Å². The van der Waals surface area contributed by atoms with Gasteiger partial charge in [-0.2, -0.15) is 13.2 Å². The molecule has 1 aromatic carbocycles. The Bertz CT molecular complexity index is 366. The van der Waals surface area contributed by atoms with Crippen molar-refractivity contribution in [3.8, 4) is 5.75 Å². The second-order valence-corrected chi connectivity index (χ2v) is 3.78. The molecule has 3 nitrogen and oxygen atoms in total. The predicted octanol–water partition coefficient (Wildman–Crippen LogP) is 2.02. The summed E-state index contributed by atoms with van der Waals surface area (Å²) in [6, 6.07) is 6.42. The summed E-state index contributed by atoms with van der Waals surface area (Å²) in [5.41, 5.74) is 5.81. The molecular weight excluding hydrogens is 233 g/mol. The van der Waals surface area contributed by atoms with Gasteiger partial charge in [-0.15, -0.1) is 0 Å². The van der Waals surface area contributed by atoms with Crippen LogP contribution in [0.15, 0.2) is 24.3 Å². The minimum Gasteiger partial charge on any atom is -0.480 e. The summed E-state index contributed by atoms with van der Waals surface area (Å²) in [4.78, 5) is 1.78. The van der Waals surface area contributed by atoms with Gasteiger partial charge in [-0.05, 0) is 12.1 Å². The Morgan fingerprint density at radius 3 is 2.47 bits per heavy atom. The number of ether oxygens (including phenoxy) is 1. The van der Waals surface area contributed by atoms with E-state index in [1.807, 2.05) is 0 Å². The third kappa shape index (κ3) is 3.81. The molecule has 0 aliphatic rings. The molecule has 0 amide bonds. The van der Waals surface area contributed by atoms with Crippen LogP contribution in [-0.2, 0) is 0 Å². The van der Waals surface area contributed by atoms with E-state index in [-0.39, 0.29) is 5.75 Å². The van der Waals surface area contributed by atoms with E-state index in [4.69, 9.17) is 10.5 Å². The number of nitrogens with zero attached hydrogens (tertiary/aromatic N) is 1. The van der Waals surface area contributed by atoms with Gasteiger partial charge in [-0.1, -0.05) is 6.07 Å². The molecule has 1 rings (SSSR count). The smallest absolute Gasteiger partial charge is 0.426 e. The molecule has 1 atom stereocenters. The average molecular weight is 248 g/mol. The standard InChI is InChI=1S/C11H15F3N2O/c1-16(2)8-4-3-5-9(6-8)17-10(7-15)11(12,13)14/h3-6,10H,7,15H2,1-2H3. The number of anilines is 1. The maximum atomic E-state index is 12.4.